The maximum absolute atomic E-state index is 12.1. The minimum absolute atomic E-state index is 0.164. The van der Waals surface area contributed by atoms with Gasteiger partial charge in [0.05, 0.1) is 0 Å². The quantitative estimate of drug-likeness (QED) is 0.510. The Labute approximate surface area is 150 Å². The predicted molar refractivity (Wildman–Crippen MR) is 93.9 cm³/mol. The van der Waals surface area contributed by atoms with E-state index in [-0.39, 0.29) is 24.3 Å². The van der Waals surface area contributed by atoms with Gasteiger partial charge in [-0.1, -0.05) is 48.5 Å². The van der Waals surface area contributed by atoms with Gasteiger partial charge in [-0.15, -0.1) is 0 Å². The van der Waals surface area contributed by atoms with Crippen LogP contribution in [-0.2, 0) is 24.1 Å². The van der Waals surface area contributed by atoms with Gasteiger partial charge in [-0.2, -0.15) is 0 Å². The van der Waals surface area contributed by atoms with Crippen molar-refractivity contribution in [2.45, 2.75) is 61.0 Å². The van der Waals surface area contributed by atoms with Gasteiger partial charge < -0.3 is 5.32 Å². The molecule has 0 heterocycles. The lowest BCUT2D eigenvalue weighted by molar-refractivity contribution is -0.162. The summed E-state index contributed by atoms with van der Waals surface area (Å²) in [5.74, 6) is -0.718. The van der Waals surface area contributed by atoms with Crippen molar-refractivity contribution in [3.05, 3.63) is 0 Å². The third-order valence-electron chi connectivity index (χ3n) is 3.04. The highest BCUT2D eigenvalue weighted by Crippen LogP contribution is 2.13. The Morgan fingerprint density at radius 1 is 0.960 bits per heavy atom. The zero-order valence-electron chi connectivity index (χ0n) is 16.4. The van der Waals surface area contributed by atoms with Crippen LogP contribution >= 0.6 is 0 Å². The molecule has 1 atom stereocenters. The SMILES string of the molecule is CC(C)CNC(=O)CONC(=O)[C@@H](CC(C)C)ONC(=O)C(C)(C)C. The maximum Gasteiger partial charge on any atom is 0.275 e. The summed E-state index contributed by atoms with van der Waals surface area (Å²) < 4.78 is 0. The van der Waals surface area contributed by atoms with Gasteiger partial charge in [0.2, 0.25) is 11.8 Å². The first-order chi connectivity index (χ1) is 11.4. The van der Waals surface area contributed by atoms with E-state index in [0.29, 0.717) is 18.9 Å². The Kier molecular flexibility index (Phi) is 10.3. The first-order valence-electron chi connectivity index (χ1n) is 8.57. The molecule has 3 N–H and O–H groups in total. The molecule has 8 nitrogen and oxygen atoms in total. The molecule has 0 aromatic heterocycles. The Hall–Kier alpha value is -1.67. The molecule has 0 fully saturated rings. The molecule has 0 aromatic rings. The van der Waals surface area contributed by atoms with E-state index in [4.69, 9.17) is 9.68 Å². The average molecular weight is 359 g/mol. The highest BCUT2D eigenvalue weighted by atomic mass is 16.7. The van der Waals surface area contributed by atoms with Crippen molar-refractivity contribution in [1.82, 2.24) is 16.3 Å². The average Bonchev–Trinajstić information content (AvgIpc) is 2.47. The maximum atomic E-state index is 12.1. The molecule has 0 aliphatic carbocycles. The van der Waals surface area contributed by atoms with Crippen molar-refractivity contribution in [2.24, 2.45) is 17.3 Å². The Morgan fingerprint density at radius 2 is 1.56 bits per heavy atom. The summed E-state index contributed by atoms with van der Waals surface area (Å²) in [5, 5.41) is 2.67. The number of hydroxylamine groups is 2. The lowest BCUT2D eigenvalue weighted by atomic mass is 9.96. The fourth-order valence-electron chi connectivity index (χ4n) is 1.52. The number of rotatable bonds is 10. The predicted octanol–water partition coefficient (Wildman–Crippen LogP) is 1.32. The molecule has 0 aromatic carbocycles. The van der Waals surface area contributed by atoms with Gasteiger partial charge in [-0.05, 0) is 18.3 Å². The second kappa shape index (κ2) is 11.0. The molecule has 0 spiro atoms. The number of carbonyl (C=O) groups is 3. The molecule has 0 unspecified atom stereocenters. The van der Waals surface area contributed by atoms with Crippen LogP contribution in [0.5, 0.6) is 0 Å². The van der Waals surface area contributed by atoms with Crippen LogP contribution in [0, 0.1) is 17.3 Å². The van der Waals surface area contributed by atoms with Crippen LogP contribution in [0.25, 0.3) is 0 Å². The van der Waals surface area contributed by atoms with E-state index in [1.165, 1.54) is 0 Å². The van der Waals surface area contributed by atoms with Crippen molar-refractivity contribution in [3.63, 3.8) is 0 Å². The summed E-state index contributed by atoms with van der Waals surface area (Å²) in [6.45, 7) is 13.3. The van der Waals surface area contributed by atoms with Crippen LogP contribution in [0.15, 0.2) is 0 Å². The molecular formula is C17H33N3O5. The zero-order chi connectivity index (χ0) is 19.6. The van der Waals surface area contributed by atoms with E-state index in [0.717, 1.165) is 0 Å². The van der Waals surface area contributed by atoms with Gasteiger partial charge in [0.25, 0.3) is 5.91 Å². The van der Waals surface area contributed by atoms with E-state index in [1.54, 1.807) is 20.8 Å². The fraction of sp³-hybridized carbons (Fsp3) is 0.824. The van der Waals surface area contributed by atoms with Gasteiger partial charge in [0.15, 0.2) is 12.7 Å². The standard InChI is InChI=1S/C17H33N3O5/c1-11(2)8-13(25-20-16(23)17(5,6)7)15(22)19-24-10-14(21)18-9-12(3)4/h11-13H,8-10H2,1-7H3,(H,18,21)(H,19,22)(H,20,23)/t13-/m1/s1. The zero-order valence-corrected chi connectivity index (χ0v) is 16.4. The monoisotopic (exact) mass is 359 g/mol. The lowest BCUT2D eigenvalue weighted by Crippen LogP contribution is -2.45. The van der Waals surface area contributed by atoms with E-state index < -0.39 is 17.4 Å². The van der Waals surface area contributed by atoms with Crippen molar-refractivity contribution in [1.29, 1.82) is 0 Å². The van der Waals surface area contributed by atoms with Crippen molar-refractivity contribution >= 4 is 17.7 Å². The van der Waals surface area contributed by atoms with Gasteiger partial charge in [0, 0.05) is 12.0 Å². The van der Waals surface area contributed by atoms with Gasteiger partial charge in [0.1, 0.15) is 0 Å². The smallest absolute Gasteiger partial charge is 0.275 e. The van der Waals surface area contributed by atoms with E-state index in [9.17, 15) is 14.4 Å². The Bertz CT molecular complexity index is 444. The highest BCUT2D eigenvalue weighted by Gasteiger charge is 2.26. The molecule has 0 saturated carbocycles. The molecule has 0 saturated heterocycles. The molecule has 146 valence electrons. The summed E-state index contributed by atoms with van der Waals surface area (Å²) in [6, 6.07) is 0. The molecular weight excluding hydrogens is 326 g/mol. The van der Waals surface area contributed by atoms with E-state index in [2.05, 4.69) is 16.3 Å². The van der Waals surface area contributed by atoms with Crippen LogP contribution in [0.1, 0.15) is 54.9 Å². The molecule has 3 amide bonds. The minimum atomic E-state index is -0.912. The molecule has 0 bridgehead atoms. The molecule has 25 heavy (non-hydrogen) atoms. The number of hydrogen-bond donors (Lipinski definition) is 3. The van der Waals surface area contributed by atoms with E-state index in [1.807, 2.05) is 27.7 Å². The van der Waals surface area contributed by atoms with Crippen LogP contribution < -0.4 is 16.3 Å². The second-order valence-electron chi connectivity index (χ2n) is 7.87. The van der Waals surface area contributed by atoms with Crippen LogP contribution in [0.4, 0.5) is 0 Å². The topological polar surface area (TPSA) is 106 Å². The molecule has 0 aliphatic rings. The summed E-state index contributed by atoms with van der Waals surface area (Å²) in [5.41, 5.74) is 3.86. The van der Waals surface area contributed by atoms with Crippen LogP contribution in [0.2, 0.25) is 0 Å². The fourth-order valence-corrected chi connectivity index (χ4v) is 1.52. The third-order valence-corrected chi connectivity index (χ3v) is 3.04. The number of carbonyl (C=O) groups excluding carboxylic acids is 3. The molecule has 0 aliphatic heterocycles. The number of amides is 3. The van der Waals surface area contributed by atoms with Crippen LogP contribution in [-0.4, -0.2) is 37.0 Å². The Morgan fingerprint density at radius 3 is 2.04 bits per heavy atom. The first-order valence-corrected chi connectivity index (χ1v) is 8.57. The lowest BCUT2D eigenvalue weighted by Gasteiger charge is -2.22. The highest BCUT2D eigenvalue weighted by molar-refractivity contribution is 5.82. The molecule has 0 radical (unpaired) electrons. The van der Waals surface area contributed by atoms with Crippen molar-refractivity contribution in [2.75, 3.05) is 13.2 Å². The minimum Gasteiger partial charge on any atom is -0.354 e. The van der Waals surface area contributed by atoms with Gasteiger partial charge in [-0.25, -0.2) is 11.0 Å². The Balaban J connectivity index is 4.40. The number of hydrogen-bond acceptors (Lipinski definition) is 5. The van der Waals surface area contributed by atoms with Crippen LogP contribution in [0.3, 0.4) is 0 Å². The second-order valence-corrected chi connectivity index (χ2v) is 7.87. The van der Waals surface area contributed by atoms with Gasteiger partial charge >= 0.3 is 0 Å². The summed E-state index contributed by atoms with van der Waals surface area (Å²) in [4.78, 5) is 45.7. The van der Waals surface area contributed by atoms with Gasteiger partial charge in [-0.3, -0.25) is 24.1 Å². The van der Waals surface area contributed by atoms with Crippen molar-refractivity contribution in [3.8, 4) is 0 Å². The number of nitrogens with one attached hydrogen (secondary N) is 3. The third kappa shape index (κ3) is 11.5. The summed E-state index contributed by atoms with van der Waals surface area (Å²) in [7, 11) is 0. The summed E-state index contributed by atoms with van der Waals surface area (Å²) >= 11 is 0. The summed E-state index contributed by atoms with van der Waals surface area (Å²) in [6.07, 6.45) is -0.524. The van der Waals surface area contributed by atoms with E-state index >= 15 is 0 Å². The first kappa shape index (κ1) is 23.3. The normalized spacial score (nSPS) is 12.8. The molecule has 8 heteroatoms. The molecule has 0 rings (SSSR count). The largest absolute Gasteiger partial charge is 0.354 e. The van der Waals surface area contributed by atoms with Crippen molar-refractivity contribution < 1.29 is 24.1 Å².